The highest BCUT2D eigenvalue weighted by molar-refractivity contribution is 5.49. The van der Waals surface area contributed by atoms with E-state index in [1.165, 1.54) is 51.4 Å². The summed E-state index contributed by atoms with van der Waals surface area (Å²) in [6, 6.07) is 20.4. The predicted octanol–water partition coefficient (Wildman–Crippen LogP) is 10.6. The van der Waals surface area contributed by atoms with Gasteiger partial charge in [0.2, 0.25) is 0 Å². The largest absolute Gasteiger partial charge is 0.344 e. The van der Waals surface area contributed by atoms with Crippen molar-refractivity contribution in [3.63, 3.8) is 0 Å². The molecule has 0 radical (unpaired) electrons. The Kier molecular flexibility index (Phi) is 24.4. The van der Waals surface area contributed by atoms with Gasteiger partial charge in [-0.15, -0.1) is 0 Å². The summed E-state index contributed by atoms with van der Waals surface area (Å²) in [5.74, 6) is 0. The molecule has 248 valence electrons. The smallest absolute Gasteiger partial charge is 0.180 e. The first-order valence-corrected chi connectivity index (χ1v) is 17.5. The molecule has 2 aromatic carbocycles. The lowest BCUT2D eigenvalue weighted by molar-refractivity contribution is -0.215. The summed E-state index contributed by atoms with van der Waals surface area (Å²) in [7, 11) is 0. The fourth-order valence-corrected chi connectivity index (χ4v) is 5.08. The number of carbonyl (C=O) groups excluding carboxylic acids is 2. The van der Waals surface area contributed by atoms with Crippen molar-refractivity contribution < 1.29 is 23.8 Å². The lowest BCUT2D eigenvalue weighted by Gasteiger charge is -2.22. The zero-order valence-electron chi connectivity index (χ0n) is 27.6. The van der Waals surface area contributed by atoms with Crippen molar-refractivity contribution in [3.8, 4) is 0 Å². The molecule has 0 spiro atoms. The molecule has 45 heavy (non-hydrogen) atoms. The molecule has 2 aromatic rings. The van der Waals surface area contributed by atoms with E-state index in [4.69, 9.17) is 14.2 Å². The number of hydrogen-bond donors (Lipinski definition) is 0. The van der Waals surface area contributed by atoms with E-state index in [1.807, 2.05) is 48.6 Å². The normalized spacial score (nSPS) is 13.0. The summed E-state index contributed by atoms with van der Waals surface area (Å²) in [5, 5.41) is 0. The average molecular weight is 619 g/mol. The van der Waals surface area contributed by atoms with Crippen molar-refractivity contribution >= 4 is 12.6 Å². The second kappa shape index (κ2) is 28.6. The summed E-state index contributed by atoms with van der Waals surface area (Å²) >= 11 is 0. The van der Waals surface area contributed by atoms with E-state index >= 15 is 0 Å². The number of allylic oxidation sites excluding steroid dienone is 2. The molecule has 2 rings (SSSR count). The molecule has 0 aromatic heterocycles. The molecule has 0 N–H and O–H groups in total. The van der Waals surface area contributed by atoms with Gasteiger partial charge in [-0.25, -0.2) is 0 Å². The van der Waals surface area contributed by atoms with Gasteiger partial charge < -0.3 is 23.8 Å². The van der Waals surface area contributed by atoms with E-state index in [1.54, 1.807) is 0 Å². The minimum absolute atomic E-state index is 0.463. The molecule has 5 heteroatoms. The lowest BCUT2D eigenvalue weighted by atomic mass is 10.1. The maximum absolute atomic E-state index is 10.4. The molecule has 0 fully saturated rings. The second-order valence-electron chi connectivity index (χ2n) is 11.8. The van der Waals surface area contributed by atoms with Gasteiger partial charge in [0.1, 0.15) is 12.6 Å². The number of benzene rings is 2. The maximum atomic E-state index is 10.4. The number of aldehydes is 2. The molecular weight excluding hydrogens is 560 g/mol. The van der Waals surface area contributed by atoms with Crippen LogP contribution in [0.1, 0.15) is 127 Å². The molecule has 2 unspecified atom stereocenters. The number of carbonyl (C=O) groups is 2. The highest BCUT2D eigenvalue weighted by Gasteiger charge is 2.14. The number of hydrogen-bond acceptors (Lipinski definition) is 5. The van der Waals surface area contributed by atoms with E-state index in [-0.39, 0.29) is 0 Å². The third-order valence-corrected chi connectivity index (χ3v) is 7.75. The maximum Gasteiger partial charge on any atom is 0.180 e. The minimum atomic E-state index is -0.521. The van der Waals surface area contributed by atoms with E-state index in [0.717, 1.165) is 75.1 Å². The third kappa shape index (κ3) is 22.3. The van der Waals surface area contributed by atoms with Gasteiger partial charge in [0.15, 0.2) is 12.6 Å². The van der Waals surface area contributed by atoms with Crippen LogP contribution in [0.2, 0.25) is 0 Å². The second-order valence-corrected chi connectivity index (χ2v) is 11.8. The number of ether oxygens (including phenoxy) is 3. The van der Waals surface area contributed by atoms with Gasteiger partial charge >= 0.3 is 0 Å². The standard InChI is InChI=1S/C40H58O5/c41-33-25-15-11-7-3-1-5-9-13-23-31-39(43-35-37-27-19-17-20-28-37)45-40(44-36-38-29-21-18-22-30-38)32-24-14-10-6-2-4-8-12-16-26-34-42/h17-24,27-34,39-40H,1-16,25-26,35-36H2. The Labute approximate surface area is 273 Å². The van der Waals surface area contributed by atoms with E-state index in [0.29, 0.717) is 26.1 Å². The van der Waals surface area contributed by atoms with E-state index in [2.05, 4.69) is 36.4 Å². The average Bonchev–Trinajstić information content (AvgIpc) is 3.08. The van der Waals surface area contributed by atoms with Crippen molar-refractivity contribution in [2.24, 2.45) is 0 Å². The Bertz CT molecular complexity index is 922. The molecule has 0 aliphatic rings. The first-order chi connectivity index (χ1) is 22.3. The third-order valence-electron chi connectivity index (χ3n) is 7.75. The van der Waals surface area contributed by atoms with Crippen LogP contribution in [-0.2, 0) is 37.0 Å². The first-order valence-electron chi connectivity index (χ1n) is 17.5. The summed E-state index contributed by atoms with van der Waals surface area (Å²) in [6.07, 6.45) is 29.2. The van der Waals surface area contributed by atoms with Gasteiger partial charge in [0.05, 0.1) is 13.2 Å². The topological polar surface area (TPSA) is 61.8 Å². The summed E-state index contributed by atoms with van der Waals surface area (Å²) in [5.41, 5.74) is 2.21. The van der Waals surface area contributed by atoms with Crippen LogP contribution < -0.4 is 0 Å². The predicted molar refractivity (Wildman–Crippen MR) is 185 cm³/mol. The zero-order valence-corrected chi connectivity index (χ0v) is 27.6. The van der Waals surface area contributed by atoms with E-state index < -0.39 is 12.6 Å². The van der Waals surface area contributed by atoms with Crippen molar-refractivity contribution in [2.75, 3.05) is 0 Å². The Morgan fingerprint density at radius 2 is 0.778 bits per heavy atom. The lowest BCUT2D eigenvalue weighted by Crippen LogP contribution is -2.24. The Hall–Kier alpha value is -2.86. The van der Waals surface area contributed by atoms with Gasteiger partial charge in [0, 0.05) is 12.8 Å². The van der Waals surface area contributed by atoms with Crippen LogP contribution in [0.15, 0.2) is 85.0 Å². The minimum Gasteiger partial charge on any atom is -0.344 e. The van der Waals surface area contributed by atoms with Crippen LogP contribution in [0.5, 0.6) is 0 Å². The zero-order chi connectivity index (χ0) is 31.9. The van der Waals surface area contributed by atoms with Crippen LogP contribution in [0.3, 0.4) is 0 Å². The molecule has 0 heterocycles. The molecule has 5 nitrogen and oxygen atoms in total. The van der Waals surface area contributed by atoms with E-state index in [9.17, 15) is 9.59 Å². The fourth-order valence-electron chi connectivity index (χ4n) is 5.08. The molecule has 0 saturated carbocycles. The monoisotopic (exact) mass is 618 g/mol. The Balaban J connectivity index is 1.86. The summed E-state index contributed by atoms with van der Waals surface area (Å²) < 4.78 is 18.9. The van der Waals surface area contributed by atoms with Crippen molar-refractivity contribution in [1.82, 2.24) is 0 Å². The van der Waals surface area contributed by atoms with Crippen LogP contribution in [0.4, 0.5) is 0 Å². The SMILES string of the molecule is O=CCCCCCCCCCC=CC(OCc1ccccc1)OC(C=CCCCCCCCCCC=O)OCc1ccccc1. The molecular formula is C40H58O5. The van der Waals surface area contributed by atoms with Crippen LogP contribution >= 0.6 is 0 Å². The fraction of sp³-hybridized carbons (Fsp3) is 0.550. The van der Waals surface area contributed by atoms with Gasteiger partial charge in [-0.3, -0.25) is 0 Å². The Morgan fingerprint density at radius 3 is 1.13 bits per heavy atom. The van der Waals surface area contributed by atoms with Crippen molar-refractivity contribution in [1.29, 1.82) is 0 Å². The van der Waals surface area contributed by atoms with Crippen molar-refractivity contribution in [2.45, 2.75) is 141 Å². The highest BCUT2D eigenvalue weighted by Crippen LogP contribution is 2.15. The van der Waals surface area contributed by atoms with Crippen LogP contribution in [0, 0.1) is 0 Å². The molecule has 0 bridgehead atoms. The van der Waals surface area contributed by atoms with Crippen LogP contribution in [0.25, 0.3) is 0 Å². The number of unbranched alkanes of at least 4 members (excludes halogenated alkanes) is 16. The van der Waals surface area contributed by atoms with Gasteiger partial charge in [-0.2, -0.15) is 0 Å². The van der Waals surface area contributed by atoms with Gasteiger partial charge in [-0.05, 0) is 61.8 Å². The molecule has 0 aliphatic carbocycles. The molecule has 2 atom stereocenters. The summed E-state index contributed by atoms with van der Waals surface area (Å²) in [6.45, 7) is 0.925. The van der Waals surface area contributed by atoms with Crippen LogP contribution in [-0.4, -0.2) is 25.2 Å². The molecule has 0 amide bonds. The quantitative estimate of drug-likeness (QED) is 0.0377. The molecule has 0 saturated heterocycles. The first kappa shape index (κ1) is 38.3. The summed E-state index contributed by atoms with van der Waals surface area (Å²) in [4.78, 5) is 20.9. The Morgan fingerprint density at radius 1 is 0.444 bits per heavy atom. The van der Waals surface area contributed by atoms with Crippen molar-refractivity contribution in [3.05, 3.63) is 96.1 Å². The van der Waals surface area contributed by atoms with Gasteiger partial charge in [0.25, 0.3) is 0 Å². The molecule has 0 aliphatic heterocycles. The number of rotatable bonds is 30. The van der Waals surface area contributed by atoms with Gasteiger partial charge in [-0.1, -0.05) is 137 Å². The highest BCUT2D eigenvalue weighted by atomic mass is 16.8.